The summed E-state index contributed by atoms with van der Waals surface area (Å²) in [6.07, 6.45) is 1.62. The number of phenols is 1. The molecule has 0 unspecified atom stereocenters. The number of allylic oxidation sites excluding steroid dienone is 1. The molecule has 5 nitrogen and oxygen atoms in total. The van der Waals surface area contributed by atoms with Crippen molar-refractivity contribution >= 4 is 17.6 Å². The molecule has 2 aromatic rings. The van der Waals surface area contributed by atoms with E-state index in [1.807, 2.05) is 43.3 Å². The van der Waals surface area contributed by atoms with Crippen molar-refractivity contribution in [2.24, 2.45) is 5.92 Å². The van der Waals surface area contributed by atoms with Gasteiger partial charge in [0, 0.05) is 28.5 Å². The summed E-state index contributed by atoms with van der Waals surface area (Å²) in [5.74, 6) is -0.369. The fourth-order valence-corrected chi connectivity index (χ4v) is 3.02. The molecular weight excluding hydrogens is 380 g/mol. The number of carboxylic acid groups (broad SMARTS) is 1. The van der Waals surface area contributed by atoms with Crippen molar-refractivity contribution in [1.82, 2.24) is 0 Å². The number of benzene rings is 2. The summed E-state index contributed by atoms with van der Waals surface area (Å²) in [5, 5.41) is 18.7. The molecule has 6 heteroatoms. The number of aromatic hydroxyl groups is 1. The van der Waals surface area contributed by atoms with E-state index in [2.05, 4.69) is 6.58 Å². The van der Waals surface area contributed by atoms with Crippen molar-refractivity contribution < 1.29 is 24.5 Å². The Bertz CT molecular complexity index is 792. The van der Waals surface area contributed by atoms with E-state index < -0.39 is 12.3 Å². The fraction of sp³-hybridized carbons (Fsp3) is 0.318. The lowest BCUT2D eigenvalue weighted by molar-refractivity contribution is -0.241. The molecule has 3 rings (SSSR count). The third-order valence-corrected chi connectivity index (χ3v) is 4.61. The van der Waals surface area contributed by atoms with Gasteiger partial charge in [-0.2, -0.15) is 0 Å². The SMILES string of the molecule is C=CCCC(=O)O.C[C@H]1CO[C@@H](c2ccccc2Cl)O[C@H]1c1ccccc1O. The molecule has 28 heavy (non-hydrogen) atoms. The first kappa shape index (κ1) is 22.0. The molecular formula is C22H25ClO5. The Kier molecular flexibility index (Phi) is 8.51. The molecule has 2 N–H and O–H groups in total. The van der Waals surface area contributed by atoms with Gasteiger partial charge in [0.25, 0.3) is 0 Å². The van der Waals surface area contributed by atoms with E-state index in [0.717, 1.165) is 11.1 Å². The summed E-state index contributed by atoms with van der Waals surface area (Å²) in [6.45, 7) is 5.96. The van der Waals surface area contributed by atoms with Crippen LogP contribution in [0.15, 0.2) is 61.2 Å². The Morgan fingerprint density at radius 1 is 1.21 bits per heavy atom. The third kappa shape index (κ3) is 6.09. The van der Waals surface area contributed by atoms with Crippen molar-refractivity contribution in [1.29, 1.82) is 0 Å². The number of carboxylic acids is 1. The van der Waals surface area contributed by atoms with Crippen LogP contribution in [0.5, 0.6) is 5.75 Å². The van der Waals surface area contributed by atoms with Crippen molar-refractivity contribution in [2.75, 3.05) is 6.61 Å². The molecule has 1 heterocycles. The van der Waals surface area contributed by atoms with Crippen LogP contribution in [0.4, 0.5) is 0 Å². The van der Waals surface area contributed by atoms with Gasteiger partial charge < -0.3 is 19.7 Å². The van der Waals surface area contributed by atoms with E-state index in [-0.39, 0.29) is 24.2 Å². The van der Waals surface area contributed by atoms with Gasteiger partial charge in [-0.3, -0.25) is 4.79 Å². The van der Waals surface area contributed by atoms with E-state index in [0.29, 0.717) is 18.1 Å². The highest BCUT2D eigenvalue weighted by atomic mass is 35.5. The number of halogens is 1. The smallest absolute Gasteiger partial charge is 0.303 e. The lowest BCUT2D eigenvalue weighted by Crippen LogP contribution is -2.29. The summed E-state index contributed by atoms with van der Waals surface area (Å²) in [4.78, 5) is 9.71. The highest BCUT2D eigenvalue weighted by Crippen LogP contribution is 2.42. The number of phenolic OH excluding ortho intramolecular Hbond substituents is 1. The predicted octanol–water partition coefficient (Wildman–Crippen LogP) is 5.51. The molecule has 2 aromatic carbocycles. The molecule has 0 aliphatic carbocycles. The van der Waals surface area contributed by atoms with Crippen LogP contribution in [-0.2, 0) is 14.3 Å². The van der Waals surface area contributed by atoms with Crippen LogP contribution in [0.3, 0.4) is 0 Å². The minimum Gasteiger partial charge on any atom is -0.508 e. The Balaban J connectivity index is 0.000000345. The maximum absolute atomic E-state index is 10.0. The lowest BCUT2D eigenvalue weighted by Gasteiger charge is -2.35. The molecule has 1 saturated heterocycles. The van der Waals surface area contributed by atoms with Gasteiger partial charge in [0.05, 0.1) is 12.7 Å². The molecule has 150 valence electrons. The number of carbonyl (C=O) groups is 1. The van der Waals surface area contributed by atoms with Gasteiger partial charge in [-0.1, -0.05) is 61.0 Å². The zero-order valence-corrected chi connectivity index (χ0v) is 16.5. The van der Waals surface area contributed by atoms with Crippen LogP contribution in [-0.4, -0.2) is 22.8 Å². The third-order valence-electron chi connectivity index (χ3n) is 4.26. The van der Waals surface area contributed by atoms with Gasteiger partial charge in [0.2, 0.25) is 0 Å². The minimum absolute atomic E-state index is 0.150. The van der Waals surface area contributed by atoms with E-state index in [4.69, 9.17) is 26.2 Å². The Hall–Kier alpha value is -2.34. The lowest BCUT2D eigenvalue weighted by atomic mass is 9.96. The number of rotatable bonds is 5. The van der Waals surface area contributed by atoms with Crippen LogP contribution in [0, 0.1) is 5.92 Å². The van der Waals surface area contributed by atoms with Crippen LogP contribution >= 0.6 is 11.6 Å². The van der Waals surface area contributed by atoms with Gasteiger partial charge in [-0.25, -0.2) is 0 Å². The van der Waals surface area contributed by atoms with Gasteiger partial charge >= 0.3 is 5.97 Å². The topological polar surface area (TPSA) is 76.0 Å². The molecule has 0 saturated carbocycles. The van der Waals surface area contributed by atoms with Crippen LogP contribution < -0.4 is 0 Å². The van der Waals surface area contributed by atoms with E-state index in [9.17, 15) is 9.90 Å². The summed E-state index contributed by atoms with van der Waals surface area (Å²) >= 11 is 6.21. The molecule has 1 fully saturated rings. The average Bonchev–Trinajstić information content (AvgIpc) is 2.68. The number of ether oxygens (including phenoxy) is 2. The number of aliphatic carboxylic acids is 1. The second-order valence-corrected chi connectivity index (χ2v) is 6.91. The number of hydrogen-bond donors (Lipinski definition) is 2. The zero-order chi connectivity index (χ0) is 20.5. The largest absolute Gasteiger partial charge is 0.508 e. The van der Waals surface area contributed by atoms with Gasteiger partial charge in [-0.15, -0.1) is 6.58 Å². The molecule has 0 amide bonds. The normalized spacial score (nSPS) is 21.3. The summed E-state index contributed by atoms with van der Waals surface area (Å²) in [6, 6.07) is 14.7. The quantitative estimate of drug-likeness (QED) is 0.643. The number of para-hydroxylation sites is 1. The van der Waals surface area contributed by atoms with Crippen molar-refractivity contribution in [2.45, 2.75) is 32.2 Å². The van der Waals surface area contributed by atoms with Crippen molar-refractivity contribution in [3.8, 4) is 5.75 Å². The maximum Gasteiger partial charge on any atom is 0.303 e. The standard InChI is InChI=1S/C17H17ClO3.C5H8O2/c1-11-10-20-17(12-6-2-4-8-14(12)18)21-16(11)13-7-3-5-9-15(13)19;1-2-3-4-5(6)7/h2-9,11,16-17,19H,10H2,1H3;2H,1,3-4H2,(H,6,7)/t11-,16+,17+;/m0./s1. The molecule has 0 bridgehead atoms. The summed E-state index contributed by atoms with van der Waals surface area (Å²) in [7, 11) is 0. The summed E-state index contributed by atoms with van der Waals surface area (Å²) in [5.41, 5.74) is 1.59. The second kappa shape index (κ2) is 10.9. The first-order valence-corrected chi connectivity index (χ1v) is 9.44. The summed E-state index contributed by atoms with van der Waals surface area (Å²) < 4.78 is 11.8. The van der Waals surface area contributed by atoms with Crippen molar-refractivity contribution in [3.05, 3.63) is 77.3 Å². The van der Waals surface area contributed by atoms with Gasteiger partial charge in [0.1, 0.15) is 5.75 Å². The van der Waals surface area contributed by atoms with E-state index >= 15 is 0 Å². The van der Waals surface area contributed by atoms with Crippen LogP contribution in [0.25, 0.3) is 0 Å². The van der Waals surface area contributed by atoms with E-state index in [1.54, 1.807) is 18.2 Å². The second-order valence-electron chi connectivity index (χ2n) is 6.50. The molecule has 0 spiro atoms. The fourth-order valence-electron chi connectivity index (χ4n) is 2.80. The first-order chi connectivity index (χ1) is 13.4. The number of hydrogen-bond acceptors (Lipinski definition) is 4. The Labute approximate surface area is 170 Å². The highest BCUT2D eigenvalue weighted by Gasteiger charge is 2.33. The Morgan fingerprint density at radius 2 is 1.86 bits per heavy atom. The Morgan fingerprint density at radius 3 is 2.43 bits per heavy atom. The van der Waals surface area contributed by atoms with Crippen LogP contribution in [0.1, 0.15) is 43.3 Å². The monoisotopic (exact) mass is 404 g/mol. The maximum atomic E-state index is 10.0. The molecule has 3 atom stereocenters. The van der Waals surface area contributed by atoms with Crippen molar-refractivity contribution in [3.63, 3.8) is 0 Å². The molecule has 0 aromatic heterocycles. The molecule has 1 aliphatic heterocycles. The predicted molar refractivity (Wildman–Crippen MR) is 108 cm³/mol. The highest BCUT2D eigenvalue weighted by molar-refractivity contribution is 6.31. The van der Waals surface area contributed by atoms with Crippen LogP contribution in [0.2, 0.25) is 5.02 Å². The minimum atomic E-state index is -0.764. The molecule has 1 aliphatic rings. The van der Waals surface area contributed by atoms with E-state index in [1.165, 1.54) is 0 Å². The zero-order valence-electron chi connectivity index (χ0n) is 15.8. The average molecular weight is 405 g/mol. The van der Waals surface area contributed by atoms with Gasteiger partial charge in [0.15, 0.2) is 6.29 Å². The first-order valence-electron chi connectivity index (χ1n) is 9.06. The van der Waals surface area contributed by atoms with Gasteiger partial charge in [-0.05, 0) is 18.6 Å². The molecule has 0 radical (unpaired) electrons.